The van der Waals surface area contributed by atoms with E-state index in [0.717, 1.165) is 34.1 Å². The molecule has 1 aromatic heterocycles. The van der Waals surface area contributed by atoms with E-state index in [4.69, 9.17) is 0 Å². The van der Waals surface area contributed by atoms with Crippen LogP contribution >= 0.6 is 0 Å². The zero-order valence-corrected chi connectivity index (χ0v) is 25.7. The average molecular weight is 649 g/mol. The molecule has 0 aliphatic carbocycles. The number of hydrogen-bond acceptors (Lipinski definition) is 6. The third-order valence-corrected chi connectivity index (χ3v) is 8.00. The van der Waals surface area contributed by atoms with Gasteiger partial charge in [-0.05, 0) is 53.6 Å². The molecule has 1 amide bonds. The van der Waals surface area contributed by atoms with E-state index < -0.39 is 51.8 Å². The number of piperazine rings is 1. The molecular weight excluding hydrogens is 616 g/mol. The van der Waals surface area contributed by atoms with E-state index in [0.29, 0.717) is 19.2 Å². The third kappa shape index (κ3) is 7.37. The Morgan fingerprint density at radius 3 is 2.19 bits per heavy atom. The van der Waals surface area contributed by atoms with Crippen molar-refractivity contribution in [3.8, 4) is 0 Å². The molecule has 0 spiro atoms. The summed E-state index contributed by atoms with van der Waals surface area (Å²) in [7, 11) is 3.89. The average Bonchev–Trinajstić information content (AvgIpc) is 3.07. The smallest absolute Gasteiger partial charge is 0.294 e. The molecule has 47 heavy (non-hydrogen) atoms. The van der Waals surface area contributed by atoms with Crippen LogP contribution in [0.4, 0.5) is 28.9 Å². The Balaban J connectivity index is 1.38. The van der Waals surface area contributed by atoms with Crippen LogP contribution in [0, 0.1) is 23.3 Å². The molecule has 2 heterocycles. The Bertz CT molecular complexity index is 1900. The summed E-state index contributed by atoms with van der Waals surface area (Å²) in [6.07, 6.45) is 1.57. The lowest BCUT2D eigenvalue weighted by Crippen LogP contribution is -2.50. The third-order valence-electron chi connectivity index (χ3n) is 8.00. The highest BCUT2D eigenvalue weighted by atomic mass is 19.2. The van der Waals surface area contributed by atoms with E-state index >= 15 is 0 Å². The van der Waals surface area contributed by atoms with E-state index in [1.807, 2.05) is 43.3 Å². The van der Waals surface area contributed by atoms with Gasteiger partial charge in [0.15, 0.2) is 17.5 Å². The van der Waals surface area contributed by atoms with Crippen LogP contribution in [0.2, 0.25) is 0 Å². The summed E-state index contributed by atoms with van der Waals surface area (Å²) < 4.78 is 57.4. The van der Waals surface area contributed by atoms with Gasteiger partial charge in [-0.25, -0.2) is 17.6 Å². The molecule has 1 saturated heterocycles. The summed E-state index contributed by atoms with van der Waals surface area (Å²) in [5.41, 5.74) is 0.809. The standard InChI is InChI=1S/C35H32F4N4O4/c1-40(2)25-8-10-26(11-9-25)41-13-15-42(16-14-41)35(47)31(45)19-30(44)27-18-22(17-23-7-12-29(37)33(39)32(23)38)20-43(34(27)46)21-24-5-3-4-6-28(24)36/h3-12,18-20,44H,13-17,21H2,1-2H3/b30-19+. The molecule has 1 aliphatic rings. The second-order valence-electron chi connectivity index (χ2n) is 11.4. The molecule has 0 atom stereocenters. The van der Waals surface area contributed by atoms with Gasteiger partial charge in [0.1, 0.15) is 11.6 Å². The summed E-state index contributed by atoms with van der Waals surface area (Å²) in [5.74, 6) is -7.84. The molecule has 12 heteroatoms. The highest BCUT2D eigenvalue weighted by Gasteiger charge is 2.26. The molecule has 5 rings (SSSR count). The SMILES string of the molecule is CN(C)c1ccc(N2CCN(C(=O)C(=O)/C=C(/O)c3cc(Cc4ccc(F)c(F)c4F)cn(Cc4ccccc4F)c3=O)CC2)cc1. The van der Waals surface area contributed by atoms with Crippen LogP contribution in [0.15, 0.2) is 83.8 Å². The van der Waals surface area contributed by atoms with Crippen LogP contribution < -0.4 is 15.4 Å². The fourth-order valence-corrected chi connectivity index (χ4v) is 5.38. The highest BCUT2D eigenvalue weighted by molar-refractivity contribution is 6.41. The van der Waals surface area contributed by atoms with E-state index in [2.05, 4.69) is 4.90 Å². The van der Waals surface area contributed by atoms with E-state index in [-0.39, 0.29) is 42.7 Å². The Kier molecular flexibility index (Phi) is 9.78. The Morgan fingerprint density at radius 1 is 0.851 bits per heavy atom. The molecule has 0 unspecified atom stereocenters. The summed E-state index contributed by atoms with van der Waals surface area (Å²) in [6.45, 7) is 1.15. The predicted molar refractivity (Wildman–Crippen MR) is 171 cm³/mol. The molecule has 4 aromatic rings. The van der Waals surface area contributed by atoms with Crippen molar-refractivity contribution in [3.05, 3.63) is 135 Å². The number of nitrogens with zero attached hydrogens (tertiary/aromatic N) is 4. The Morgan fingerprint density at radius 2 is 1.53 bits per heavy atom. The molecule has 0 bridgehead atoms. The first kappa shape index (κ1) is 33.0. The van der Waals surface area contributed by atoms with Crippen LogP contribution in [0.25, 0.3) is 5.76 Å². The number of aliphatic hydroxyl groups is 1. The van der Waals surface area contributed by atoms with E-state index in [1.54, 1.807) is 6.07 Å². The van der Waals surface area contributed by atoms with Crippen LogP contribution in [-0.2, 0) is 22.6 Å². The summed E-state index contributed by atoms with van der Waals surface area (Å²) in [5, 5.41) is 10.9. The quantitative estimate of drug-likeness (QED) is 0.0912. The zero-order chi connectivity index (χ0) is 33.8. The van der Waals surface area contributed by atoms with Crippen molar-refractivity contribution in [3.63, 3.8) is 0 Å². The fourth-order valence-electron chi connectivity index (χ4n) is 5.38. The van der Waals surface area contributed by atoms with Crippen molar-refractivity contribution >= 4 is 28.8 Å². The lowest BCUT2D eigenvalue weighted by molar-refractivity contribution is -0.142. The van der Waals surface area contributed by atoms with Crippen molar-refractivity contribution in [2.24, 2.45) is 0 Å². The number of aliphatic hydroxyl groups excluding tert-OH is 1. The summed E-state index contributed by atoms with van der Waals surface area (Å²) in [6, 6.07) is 16.5. The fraction of sp³-hybridized carbons (Fsp3) is 0.229. The van der Waals surface area contributed by atoms with Crippen molar-refractivity contribution in [1.82, 2.24) is 9.47 Å². The van der Waals surface area contributed by atoms with Gasteiger partial charge in [0.05, 0.1) is 12.1 Å². The molecule has 3 aromatic carbocycles. The molecule has 1 fully saturated rings. The Labute approximate surface area is 268 Å². The monoisotopic (exact) mass is 648 g/mol. The van der Waals surface area contributed by atoms with Crippen LogP contribution in [0.5, 0.6) is 0 Å². The van der Waals surface area contributed by atoms with Gasteiger partial charge in [0, 0.05) is 75.9 Å². The molecule has 8 nitrogen and oxygen atoms in total. The lowest BCUT2D eigenvalue weighted by atomic mass is 10.0. The van der Waals surface area contributed by atoms with Gasteiger partial charge in [-0.3, -0.25) is 14.4 Å². The normalized spacial score (nSPS) is 13.5. The van der Waals surface area contributed by atoms with Crippen molar-refractivity contribution in [2.75, 3.05) is 50.1 Å². The summed E-state index contributed by atoms with van der Waals surface area (Å²) >= 11 is 0. The number of benzene rings is 3. The predicted octanol–water partition coefficient (Wildman–Crippen LogP) is 4.93. The van der Waals surface area contributed by atoms with Crippen molar-refractivity contribution in [2.45, 2.75) is 13.0 Å². The lowest BCUT2D eigenvalue weighted by Gasteiger charge is -2.35. The number of rotatable bonds is 9. The van der Waals surface area contributed by atoms with E-state index in [1.165, 1.54) is 29.3 Å². The van der Waals surface area contributed by atoms with Gasteiger partial charge in [-0.2, -0.15) is 0 Å². The maximum Gasteiger partial charge on any atom is 0.294 e. The maximum atomic E-state index is 14.5. The molecular formula is C35H32F4N4O4. The Hall–Kier alpha value is -5.39. The largest absolute Gasteiger partial charge is 0.507 e. The van der Waals surface area contributed by atoms with Gasteiger partial charge in [-0.1, -0.05) is 24.3 Å². The topological polar surface area (TPSA) is 86.1 Å². The van der Waals surface area contributed by atoms with Gasteiger partial charge < -0.3 is 24.4 Å². The number of amides is 1. The van der Waals surface area contributed by atoms with Crippen molar-refractivity contribution < 1.29 is 32.3 Å². The van der Waals surface area contributed by atoms with Crippen LogP contribution in [0.1, 0.15) is 22.3 Å². The highest BCUT2D eigenvalue weighted by Crippen LogP contribution is 2.22. The first-order valence-electron chi connectivity index (χ1n) is 14.8. The first-order valence-corrected chi connectivity index (χ1v) is 14.8. The minimum absolute atomic E-state index is 0.124. The maximum absolute atomic E-state index is 14.5. The van der Waals surface area contributed by atoms with Crippen LogP contribution in [0.3, 0.4) is 0 Å². The van der Waals surface area contributed by atoms with Crippen molar-refractivity contribution in [1.29, 1.82) is 0 Å². The first-order chi connectivity index (χ1) is 22.4. The molecule has 1 N–H and O–H groups in total. The number of anilines is 2. The molecule has 0 saturated carbocycles. The van der Waals surface area contributed by atoms with Gasteiger partial charge in [0.2, 0.25) is 5.78 Å². The second-order valence-corrected chi connectivity index (χ2v) is 11.4. The minimum atomic E-state index is -1.67. The summed E-state index contributed by atoms with van der Waals surface area (Å²) in [4.78, 5) is 44.8. The minimum Gasteiger partial charge on any atom is -0.507 e. The van der Waals surface area contributed by atoms with Gasteiger partial charge in [-0.15, -0.1) is 0 Å². The number of hydrogen-bond donors (Lipinski definition) is 1. The number of halogens is 4. The zero-order valence-electron chi connectivity index (χ0n) is 25.7. The van der Waals surface area contributed by atoms with Crippen LogP contribution in [-0.4, -0.2) is 66.5 Å². The van der Waals surface area contributed by atoms with Gasteiger partial charge in [0.25, 0.3) is 11.5 Å². The molecule has 0 radical (unpaired) electrons. The van der Waals surface area contributed by atoms with Gasteiger partial charge >= 0.3 is 0 Å². The number of carbonyl (C=O) groups excluding carboxylic acids is 2. The molecule has 1 aliphatic heterocycles. The molecule has 244 valence electrons. The second kappa shape index (κ2) is 13.9. The number of ketones is 1. The van der Waals surface area contributed by atoms with E-state index in [9.17, 15) is 37.1 Å². The number of pyridine rings is 1. The number of carbonyl (C=O) groups is 2. The number of aromatic nitrogens is 1.